The highest BCUT2D eigenvalue weighted by atomic mass is 35.5. The second-order valence-corrected chi connectivity index (χ2v) is 9.74. The van der Waals surface area contributed by atoms with Crippen LogP contribution in [0.3, 0.4) is 0 Å². The van der Waals surface area contributed by atoms with Crippen molar-refractivity contribution < 1.29 is 9.13 Å². The molecule has 0 unspecified atom stereocenters. The van der Waals surface area contributed by atoms with Crippen LogP contribution in [0.15, 0.2) is 46.3 Å². The van der Waals surface area contributed by atoms with Crippen LogP contribution in [0.25, 0.3) is 22.2 Å². The second kappa shape index (κ2) is 11.4. The topological polar surface area (TPSA) is 98.6 Å². The van der Waals surface area contributed by atoms with E-state index in [0.717, 1.165) is 25.1 Å². The van der Waals surface area contributed by atoms with E-state index in [1.165, 1.54) is 25.1 Å². The second-order valence-electron chi connectivity index (χ2n) is 9.30. The van der Waals surface area contributed by atoms with Gasteiger partial charge in [0.25, 0.3) is 5.56 Å². The Morgan fingerprint density at radius 2 is 1.95 bits per heavy atom. The minimum Gasteiger partial charge on any atom is -0.405 e. The molecule has 37 heavy (non-hydrogen) atoms. The van der Waals surface area contributed by atoms with Crippen LogP contribution in [-0.4, -0.2) is 53.1 Å². The lowest BCUT2D eigenvalue weighted by molar-refractivity contribution is 0.122. The Morgan fingerprint density at radius 3 is 2.68 bits per heavy atom. The Bertz CT molecular complexity index is 1400. The maximum absolute atomic E-state index is 14.8. The van der Waals surface area contributed by atoms with Crippen LogP contribution >= 0.6 is 11.6 Å². The number of anilines is 1. The van der Waals surface area contributed by atoms with Gasteiger partial charge in [0.05, 0.1) is 24.6 Å². The van der Waals surface area contributed by atoms with E-state index in [-0.39, 0.29) is 5.56 Å². The smallest absolute Gasteiger partial charge is 0.261 e. The minimum absolute atomic E-state index is 0.0859. The number of halogens is 2. The summed E-state index contributed by atoms with van der Waals surface area (Å²) in [5.41, 5.74) is 6.10. The van der Waals surface area contributed by atoms with Crippen LogP contribution in [0, 0.1) is 5.82 Å². The quantitative estimate of drug-likeness (QED) is 0.516. The average molecular weight is 525 g/mol. The number of aryl methyl sites for hydroxylation is 1. The van der Waals surface area contributed by atoms with E-state index in [9.17, 15) is 9.18 Å². The van der Waals surface area contributed by atoms with Gasteiger partial charge in [0.2, 0.25) is 0 Å². The zero-order chi connectivity index (χ0) is 25.8. The number of nitrogens with two attached hydrogens (primary N) is 1. The van der Waals surface area contributed by atoms with Crippen molar-refractivity contribution in [2.24, 2.45) is 10.7 Å². The highest BCUT2D eigenvalue weighted by Gasteiger charge is 2.23. The number of fused-ring (bicyclic) bond motifs is 2. The first-order valence-corrected chi connectivity index (χ1v) is 13.1. The van der Waals surface area contributed by atoms with Crippen molar-refractivity contribution >= 4 is 34.5 Å². The molecule has 194 valence electrons. The molecule has 0 amide bonds. The third-order valence-electron chi connectivity index (χ3n) is 6.60. The predicted octanol–water partition coefficient (Wildman–Crippen LogP) is 4.12. The number of hydrogen-bond donors (Lipinski definition) is 1. The number of morpholine rings is 1. The van der Waals surface area contributed by atoms with Crippen LogP contribution in [0.4, 0.5) is 10.2 Å². The van der Waals surface area contributed by atoms with E-state index in [0.29, 0.717) is 71.9 Å². The number of hydrogen-bond acceptors (Lipinski definition) is 7. The van der Waals surface area contributed by atoms with Crippen LogP contribution in [0.2, 0.25) is 5.02 Å². The minimum atomic E-state index is -0.481. The van der Waals surface area contributed by atoms with Crippen LogP contribution < -0.4 is 16.2 Å². The maximum Gasteiger partial charge on any atom is 0.261 e. The van der Waals surface area contributed by atoms with E-state index in [1.807, 2.05) is 0 Å². The third kappa shape index (κ3) is 5.83. The summed E-state index contributed by atoms with van der Waals surface area (Å²) in [4.78, 5) is 29.0. The molecule has 6 rings (SSSR count). The van der Waals surface area contributed by atoms with Gasteiger partial charge in [-0.1, -0.05) is 11.6 Å². The molecule has 0 spiro atoms. The largest absolute Gasteiger partial charge is 0.405 e. The lowest BCUT2D eigenvalue weighted by Gasteiger charge is -2.28. The molecule has 0 bridgehead atoms. The molecule has 2 fully saturated rings. The summed E-state index contributed by atoms with van der Waals surface area (Å²) in [6.07, 6.45) is 10.2. The first kappa shape index (κ1) is 25.4. The molecule has 3 aliphatic rings. The molecule has 2 aliphatic heterocycles. The number of benzene rings is 1. The molecule has 2 N–H and O–H groups in total. The normalized spacial score (nSPS) is 17.7. The predicted molar refractivity (Wildman–Crippen MR) is 145 cm³/mol. The van der Waals surface area contributed by atoms with Crippen molar-refractivity contribution in [1.82, 2.24) is 14.5 Å². The van der Waals surface area contributed by atoms with Gasteiger partial charge in [-0.25, -0.2) is 14.4 Å². The zero-order valence-electron chi connectivity index (χ0n) is 20.6. The first-order chi connectivity index (χ1) is 18.0. The zero-order valence-corrected chi connectivity index (χ0v) is 21.3. The SMILES string of the molecule is N/C=C\C=NC1CC1.O=c1c2cc(N3CCOCC3)nc(-c3ccc(Cl)cc3F)c2nc2n1CCCC2. The van der Waals surface area contributed by atoms with Gasteiger partial charge < -0.3 is 15.4 Å². The Balaban J connectivity index is 0.000000301. The molecule has 4 heterocycles. The molecular weight excluding hydrogens is 495 g/mol. The summed E-state index contributed by atoms with van der Waals surface area (Å²) in [6, 6.07) is 6.89. The summed E-state index contributed by atoms with van der Waals surface area (Å²) < 4.78 is 22.0. The fraction of sp³-hybridized carbons (Fsp3) is 0.407. The molecule has 1 aliphatic carbocycles. The number of rotatable bonds is 4. The molecule has 0 atom stereocenters. The van der Waals surface area contributed by atoms with Gasteiger partial charge in [-0.2, -0.15) is 0 Å². The first-order valence-electron chi connectivity index (χ1n) is 12.7. The van der Waals surface area contributed by atoms with E-state index in [4.69, 9.17) is 32.0 Å². The molecule has 3 aromatic rings. The molecule has 1 saturated carbocycles. The third-order valence-corrected chi connectivity index (χ3v) is 6.84. The Kier molecular flexibility index (Phi) is 7.81. The fourth-order valence-corrected chi connectivity index (χ4v) is 4.65. The maximum atomic E-state index is 14.8. The van der Waals surface area contributed by atoms with Crippen molar-refractivity contribution in [2.75, 3.05) is 31.2 Å². The van der Waals surface area contributed by atoms with Crippen molar-refractivity contribution in [3.05, 3.63) is 63.6 Å². The van der Waals surface area contributed by atoms with Crippen molar-refractivity contribution in [3.63, 3.8) is 0 Å². The van der Waals surface area contributed by atoms with Gasteiger partial charge in [-0.15, -0.1) is 0 Å². The van der Waals surface area contributed by atoms with Gasteiger partial charge in [-0.05, 0) is 62.2 Å². The summed E-state index contributed by atoms with van der Waals surface area (Å²) in [5.74, 6) is 0.899. The lowest BCUT2D eigenvalue weighted by atomic mass is 10.1. The van der Waals surface area contributed by atoms with E-state index in [2.05, 4.69) is 9.89 Å². The van der Waals surface area contributed by atoms with Gasteiger partial charge in [0.15, 0.2) is 0 Å². The summed E-state index contributed by atoms with van der Waals surface area (Å²) >= 11 is 5.94. The van der Waals surface area contributed by atoms with Gasteiger partial charge in [-0.3, -0.25) is 14.4 Å². The molecule has 1 saturated heterocycles. The molecule has 2 aromatic heterocycles. The Morgan fingerprint density at radius 1 is 1.14 bits per heavy atom. The number of nitrogens with zero attached hydrogens (tertiary/aromatic N) is 5. The average Bonchev–Trinajstić information content (AvgIpc) is 3.74. The molecule has 0 radical (unpaired) electrons. The summed E-state index contributed by atoms with van der Waals surface area (Å²) in [6.45, 7) is 3.18. The van der Waals surface area contributed by atoms with Gasteiger partial charge >= 0.3 is 0 Å². The number of pyridine rings is 1. The van der Waals surface area contributed by atoms with Crippen molar-refractivity contribution in [1.29, 1.82) is 0 Å². The molecule has 10 heteroatoms. The van der Waals surface area contributed by atoms with Crippen LogP contribution in [0.5, 0.6) is 0 Å². The van der Waals surface area contributed by atoms with E-state index < -0.39 is 5.82 Å². The molecule has 1 aromatic carbocycles. The highest BCUT2D eigenvalue weighted by Crippen LogP contribution is 2.32. The van der Waals surface area contributed by atoms with E-state index >= 15 is 0 Å². The van der Waals surface area contributed by atoms with Crippen LogP contribution in [-0.2, 0) is 17.7 Å². The summed E-state index contributed by atoms with van der Waals surface area (Å²) in [5, 5.41) is 0.779. The number of aromatic nitrogens is 3. The van der Waals surface area contributed by atoms with Gasteiger partial charge in [0, 0.05) is 42.9 Å². The molecular formula is C27H30ClFN6O2. The number of allylic oxidation sites excluding steroid dienone is 1. The monoisotopic (exact) mass is 524 g/mol. The Hall–Kier alpha value is -3.30. The van der Waals surface area contributed by atoms with Gasteiger partial charge in [0.1, 0.15) is 28.7 Å². The van der Waals surface area contributed by atoms with Crippen molar-refractivity contribution in [3.8, 4) is 11.3 Å². The number of aliphatic imine (C=N–C) groups is 1. The highest BCUT2D eigenvalue weighted by molar-refractivity contribution is 6.30. The van der Waals surface area contributed by atoms with Crippen molar-refractivity contribution in [2.45, 2.75) is 44.7 Å². The van der Waals surface area contributed by atoms with Crippen LogP contribution in [0.1, 0.15) is 31.5 Å². The number of ether oxygens (including phenoxy) is 1. The fourth-order valence-electron chi connectivity index (χ4n) is 4.50. The Labute approximate surface area is 219 Å². The lowest BCUT2D eigenvalue weighted by Crippen LogP contribution is -2.37. The summed E-state index contributed by atoms with van der Waals surface area (Å²) in [7, 11) is 0. The molecule has 8 nitrogen and oxygen atoms in total. The van der Waals surface area contributed by atoms with E-state index in [1.54, 1.807) is 35.1 Å². The standard InChI is InChI=1S/C21H20ClFN4O2.C6H10N2/c22-13-4-5-14(16(23)11-13)19-20-15(12-18(25-19)26-7-9-29-10-8-26)21(28)27-6-2-1-3-17(27)24-20;7-4-1-5-8-6-2-3-6/h4-5,11-12H,1-3,6-10H2;1,4-6H,2-3,7H2/b;4-1-,8-5?.